The lowest BCUT2D eigenvalue weighted by atomic mass is 9.75. The van der Waals surface area contributed by atoms with Crippen LogP contribution in [0.4, 0.5) is 0 Å². The van der Waals surface area contributed by atoms with Gasteiger partial charge in [0.1, 0.15) is 9.84 Å². The first kappa shape index (κ1) is 13.0. The topological polar surface area (TPSA) is 60.2 Å². The summed E-state index contributed by atoms with van der Waals surface area (Å²) in [5, 5.41) is 0. The molecule has 2 atom stereocenters. The molecule has 1 rings (SSSR count). The van der Waals surface area contributed by atoms with Crippen molar-refractivity contribution in [2.45, 2.75) is 51.0 Å². The van der Waals surface area contributed by atoms with E-state index in [9.17, 15) is 8.42 Å². The van der Waals surface area contributed by atoms with Crippen LogP contribution in [-0.4, -0.2) is 26.0 Å². The fraction of sp³-hybridized carbons (Fsp3) is 1.00. The Kier molecular flexibility index (Phi) is 4.18. The van der Waals surface area contributed by atoms with E-state index < -0.39 is 9.84 Å². The van der Waals surface area contributed by atoms with Gasteiger partial charge in [-0.25, -0.2) is 8.42 Å². The molecule has 0 aromatic carbocycles. The van der Waals surface area contributed by atoms with Crippen LogP contribution in [0.5, 0.6) is 0 Å². The predicted molar refractivity (Wildman–Crippen MR) is 63.5 cm³/mol. The van der Waals surface area contributed by atoms with Gasteiger partial charge in [0.15, 0.2) is 0 Å². The first-order chi connectivity index (χ1) is 6.81. The standard InChI is InChI=1S/C11H23NO2S/c1-10-5-3-6-11(12,9-10)7-4-8-15(2,13)14/h10H,3-9,12H2,1-2H3. The van der Waals surface area contributed by atoms with Gasteiger partial charge >= 0.3 is 0 Å². The van der Waals surface area contributed by atoms with Crippen LogP contribution < -0.4 is 5.73 Å². The van der Waals surface area contributed by atoms with Gasteiger partial charge in [-0.05, 0) is 31.6 Å². The summed E-state index contributed by atoms with van der Waals surface area (Å²) in [6, 6.07) is 0. The molecule has 1 aliphatic rings. The van der Waals surface area contributed by atoms with Crippen molar-refractivity contribution >= 4 is 9.84 Å². The highest BCUT2D eigenvalue weighted by molar-refractivity contribution is 7.90. The third-order valence-electron chi connectivity index (χ3n) is 3.32. The zero-order valence-corrected chi connectivity index (χ0v) is 10.6. The van der Waals surface area contributed by atoms with Gasteiger partial charge in [-0.15, -0.1) is 0 Å². The van der Waals surface area contributed by atoms with Crippen LogP contribution in [0.25, 0.3) is 0 Å². The lowest BCUT2D eigenvalue weighted by molar-refractivity contribution is 0.222. The van der Waals surface area contributed by atoms with Crippen molar-refractivity contribution in [3.05, 3.63) is 0 Å². The molecule has 15 heavy (non-hydrogen) atoms. The van der Waals surface area contributed by atoms with E-state index in [2.05, 4.69) is 6.92 Å². The highest BCUT2D eigenvalue weighted by Crippen LogP contribution is 2.33. The maximum absolute atomic E-state index is 11.0. The fourth-order valence-corrected chi connectivity index (χ4v) is 3.28. The molecule has 0 spiro atoms. The molecule has 0 aromatic heterocycles. The van der Waals surface area contributed by atoms with Crippen LogP contribution in [-0.2, 0) is 9.84 Å². The summed E-state index contributed by atoms with van der Waals surface area (Å²) in [5.41, 5.74) is 6.19. The van der Waals surface area contributed by atoms with Gasteiger partial charge in [-0.2, -0.15) is 0 Å². The zero-order valence-electron chi connectivity index (χ0n) is 9.83. The number of rotatable bonds is 4. The maximum atomic E-state index is 11.0. The summed E-state index contributed by atoms with van der Waals surface area (Å²) in [7, 11) is -2.82. The smallest absolute Gasteiger partial charge is 0.147 e. The minimum absolute atomic E-state index is 0.0949. The molecule has 1 fully saturated rings. The molecular formula is C11H23NO2S. The third kappa shape index (κ3) is 4.98. The average Bonchev–Trinajstić information content (AvgIpc) is 1.99. The monoisotopic (exact) mass is 233 g/mol. The Morgan fingerprint density at radius 2 is 2.13 bits per heavy atom. The lowest BCUT2D eigenvalue weighted by Gasteiger charge is -2.36. The SMILES string of the molecule is CC1CCCC(N)(CCCS(C)(=O)=O)C1. The zero-order chi connectivity index (χ0) is 11.5. The van der Waals surface area contributed by atoms with Crippen LogP contribution in [0.15, 0.2) is 0 Å². The van der Waals surface area contributed by atoms with Crippen molar-refractivity contribution in [1.29, 1.82) is 0 Å². The second-order valence-corrected chi connectivity index (χ2v) is 7.56. The van der Waals surface area contributed by atoms with E-state index in [4.69, 9.17) is 5.73 Å². The molecule has 0 radical (unpaired) electrons. The van der Waals surface area contributed by atoms with Crippen molar-refractivity contribution in [1.82, 2.24) is 0 Å². The van der Waals surface area contributed by atoms with Gasteiger partial charge in [0.05, 0.1) is 0 Å². The van der Waals surface area contributed by atoms with Gasteiger partial charge in [0.2, 0.25) is 0 Å². The maximum Gasteiger partial charge on any atom is 0.147 e. The summed E-state index contributed by atoms with van der Waals surface area (Å²) in [5.74, 6) is 0.974. The molecule has 3 nitrogen and oxygen atoms in total. The number of nitrogens with two attached hydrogens (primary N) is 1. The van der Waals surface area contributed by atoms with Crippen molar-refractivity contribution in [2.75, 3.05) is 12.0 Å². The van der Waals surface area contributed by atoms with Gasteiger partial charge in [0, 0.05) is 17.5 Å². The van der Waals surface area contributed by atoms with E-state index in [1.807, 2.05) is 0 Å². The van der Waals surface area contributed by atoms with E-state index in [-0.39, 0.29) is 11.3 Å². The second-order valence-electron chi connectivity index (χ2n) is 5.30. The molecule has 4 heteroatoms. The van der Waals surface area contributed by atoms with E-state index >= 15 is 0 Å². The third-order valence-corrected chi connectivity index (χ3v) is 4.35. The van der Waals surface area contributed by atoms with E-state index in [1.165, 1.54) is 19.1 Å². The van der Waals surface area contributed by atoms with E-state index in [1.54, 1.807) is 0 Å². The highest BCUT2D eigenvalue weighted by atomic mass is 32.2. The summed E-state index contributed by atoms with van der Waals surface area (Å²) >= 11 is 0. The molecule has 1 aliphatic carbocycles. The first-order valence-electron chi connectivity index (χ1n) is 5.77. The summed E-state index contributed by atoms with van der Waals surface area (Å²) in [4.78, 5) is 0. The predicted octanol–water partition coefficient (Wildman–Crippen LogP) is 1.72. The molecule has 90 valence electrons. The quantitative estimate of drug-likeness (QED) is 0.804. The molecule has 0 saturated heterocycles. The Bertz CT molecular complexity index is 300. The van der Waals surface area contributed by atoms with Gasteiger partial charge < -0.3 is 5.73 Å². The van der Waals surface area contributed by atoms with E-state index in [0.29, 0.717) is 12.3 Å². The highest BCUT2D eigenvalue weighted by Gasteiger charge is 2.30. The van der Waals surface area contributed by atoms with Crippen molar-refractivity contribution in [2.24, 2.45) is 11.7 Å². The number of hydrogen-bond acceptors (Lipinski definition) is 3. The van der Waals surface area contributed by atoms with Crippen molar-refractivity contribution < 1.29 is 8.42 Å². The Morgan fingerprint density at radius 3 is 2.67 bits per heavy atom. The van der Waals surface area contributed by atoms with Crippen LogP contribution in [0.2, 0.25) is 0 Å². The molecule has 0 aromatic rings. The van der Waals surface area contributed by atoms with Crippen LogP contribution >= 0.6 is 0 Å². The molecular weight excluding hydrogens is 210 g/mol. The minimum atomic E-state index is -2.82. The Labute approximate surface area is 93.3 Å². The molecule has 0 aliphatic heterocycles. The average molecular weight is 233 g/mol. The lowest BCUT2D eigenvalue weighted by Crippen LogP contribution is -2.44. The molecule has 0 amide bonds. The number of hydrogen-bond donors (Lipinski definition) is 1. The fourth-order valence-electron chi connectivity index (χ4n) is 2.61. The Morgan fingerprint density at radius 1 is 1.47 bits per heavy atom. The first-order valence-corrected chi connectivity index (χ1v) is 7.83. The summed E-state index contributed by atoms with van der Waals surface area (Å²) in [6.45, 7) is 2.23. The van der Waals surface area contributed by atoms with Gasteiger partial charge in [-0.1, -0.05) is 19.8 Å². The largest absolute Gasteiger partial charge is 0.325 e. The normalized spacial score (nSPS) is 32.9. The molecule has 0 bridgehead atoms. The van der Waals surface area contributed by atoms with Crippen LogP contribution in [0, 0.1) is 5.92 Å². The molecule has 2 unspecified atom stereocenters. The van der Waals surface area contributed by atoms with Crippen molar-refractivity contribution in [3.63, 3.8) is 0 Å². The molecule has 1 saturated carbocycles. The minimum Gasteiger partial charge on any atom is -0.325 e. The van der Waals surface area contributed by atoms with E-state index in [0.717, 1.165) is 19.3 Å². The Hall–Kier alpha value is -0.0900. The van der Waals surface area contributed by atoms with Crippen LogP contribution in [0.3, 0.4) is 0 Å². The van der Waals surface area contributed by atoms with Crippen molar-refractivity contribution in [3.8, 4) is 0 Å². The summed E-state index contributed by atoms with van der Waals surface area (Å²) in [6.07, 6.45) is 7.42. The molecule has 2 N–H and O–H groups in total. The number of sulfone groups is 1. The summed E-state index contributed by atoms with van der Waals surface area (Å²) < 4.78 is 22.0. The molecule has 0 heterocycles. The van der Waals surface area contributed by atoms with Gasteiger partial charge in [-0.3, -0.25) is 0 Å². The van der Waals surface area contributed by atoms with Gasteiger partial charge in [0.25, 0.3) is 0 Å². The Balaban J connectivity index is 2.36. The second kappa shape index (κ2) is 4.83. The van der Waals surface area contributed by atoms with Crippen LogP contribution in [0.1, 0.15) is 45.4 Å².